The van der Waals surface area contributed by atoms with Crippen LogP contribution in [0.1, 0.15) is 34.5 Å². The van der Waals surface area contributed by atoms with Gasteiger partial charge in [-0.2, -0.15) is 0 Å². The SMILES string of the molecule is Cc1ccc(NC(=O)C2CC2)cc1NC(=O)c1oc2ccc(Cl)cc2c1C. The van der Waals surface area contributed by atoms with Gasteiger partial charge in [0, 0.05) is 33.3 Å². The molecule has 27 heavy (non-hydrogen) atoms. The first-order valence-corrected chi connectivity index (χ1v) is 9.21. The van der Waals surface area contributed by atoms with E-state index in [2.05, 4.69) is 10.6 Å². The molecule has 2 N–H and O–H groups in total. The average Bonchev–Trinajstić information content (AvgIpc) is 3.43. The Morgan fingerprint density at radius 3 is 2.59 bits per heavy atom. The van der Waals surface area contributed by atoms with Gasteiger partial charge in [0.2, 0.25) is 5.91 Å². The minimum atomic E-state index is -0.339. The van der Waals surface area contributed by atoms with Gasteiger partial charge in [-0.25, -0.2) is 0 Å². The highest BCUT2D eigenvalue weighted by Crippen LogP contribution is 2.31. The molecule has 6 heteroatoms. The molecule has 2 amide bonds. The Morgan fingerprint density at radius 1 is 1.07 bits per heavy atom. The summed E-state index contributed by atoms with van der Waals surface area (Å²) in [4.78, 5) is 24.7. The van der Waals surface area contributed by atoms with Crippen molar-refractivity contribution in [3.8, 4) is 0 Å². The maximum absolute atomic E-state index is 12.8. The largest absolute Gasteiger partial charge is 0.451 e. The number of rotatable bonds is 4. The summed E-state index contributed by atoms with van der Waals surface area (Å²) >= 11 is 6.04. The zero-order valence-electron chi connectivity index (χ0n) is 15.1. The Labute approximate surface area is 161 Å². The number of aryl methyl sites for hydroxylation is 2. The van der Waals surface area contributed by atoms with Gasteiger partial charge in [0.15, 0.2) is 5.76 Å². The van der Waals surface area contributed by atoms with Gasteiger partial charge in [-0.15, -0.1) is 0 Å². The molecular weight excluding hydrogens is 364 g/mol. The molecule has 0 spiro atoms. The minimum absolute atomic E-state index is 0.0288. The molecule has 1 heterocycles. The van der Waals surface area contributed by atoms with Crippen molar-refractivity contribution >= 4 is 45.8 Å². The van der Waals surface area contributed by atoms with E-state index in [9.17, 15) is 9.59 Å². The van der Waals surface area contributed by atoms with Crippen molar-refractivity contribution in [2.24, 2.45) is 5.92 Å². The third kappa shape index (κ3) is 3.55. The fourth-order valence-corrected chi connectivity index (χ4v) is 3.19. The van der Waals surface area contributed by atoms with Crippen molar-refractivity contribution in [1.29, 1.82) is 0 Å². The quantitative estimate of drug-likeness (QED) is 0.642. The van der Waals surface area contributed by atoms with E-state index >= 15 is 0 Å². The molecule has 1 aliphatic carbocycles. The summed E-state index contributed by atoms with van der Waals surface area (Å²) in [5.74, 6) is 0.0585. The second-order valence-corrected chi connectivity index (χ2v) is 7.38. The van der Waals surface area contributed by atoms with E-state index in [1.165, 1.54) is 0 Å². The van der Waals surface area contributed by atoms with Crippen LogP contribution in [0.3, 0.4) is 0 Å². The molecule has 3 aromatic rings. The summed E-state index contributed by atoms with van der Waals surface area (Å²) in [6, 6.07) is 10.7. The van der Waals surface area contributed by atoms with E-state index in [-0.39, 0.29) is 23.5 Å². The maximum atomic E-state index is 12.8. The highest BCUT2D eigenvalue weighted by Gasteiger charge is 2.29. The number of carbonyl (C=O) groups excluding carboxylic acids is 2. The van der Waals surface area contributed by atoms with E-state index in [0.29, 0.717) is 22.0 Å². The summed E-state index contributed by atoms with van der Waals surface area (Å²) in [7, 11) is 0. The zero-order chi connectivity index (χ0) is 19.1. The first kappa shape index (κ1) is 17.6. The highest BCUT2D eigenvalue weighted by molar-refractivity contribution is 6.31. The lowest BCUT2D eigenvalue weighted by molar-refractivity contribution is -0.117. The number of fused-ring (bicyclic) bond motifs is 1. The summed E-state index contributed by atoms with van der Waals surface area (Å²) in [6.45, 7) is 3.73. The van der Waals surface area contributed by atoms with Crippen molar-refractivity contribution in [3.05, 3.63) is 58.3 Å². The lowest BCUT2D eigenvalue weighted by Gasteiger charge is -2.11. The summed E-state index contributed by atoms with van der Waals surface area (Å²) < 4.78 is 5.72. The molecule has 1 saturated carbocycles. The molecule has 1 fully saturated rings. The third-order valence-corrected chi connectivity index (χ3v) is 5.04. The number of carbonyl (C=O) groups is 2. The second-order valence-electron chi connectivity index (χ2n) is 6.94. The van der Waals surface area contributed by atoms with Gasteiger partial charge in [0.25, 0.3) is 5.91 Å². The van der Waals surface area contributed by atoms with E-state index in [4.69, 9.17) is 16.0 Å². The van der Waals surface area contributed by atoms with Crippen LogP contribution in [-0.2, 0) is 4.79 Å². The van der Waals surface area contributed by atoms with Crippen LogP contribution in [0.2, 0.25) is 5.02 Å². The fourth-order valence-electron chi connectivity index (χ4n) is 3.01. The molecular formula is C21H19ClN2O3. The predicted octanol–water partition coefficient (Wildman–Crippen LogP) is 5.30. The lowest BCUT2D eigenvalue weighted by atomic mass is 10.1. The summed E-state index contributed by atoms with van der Waals surface area (Å²) in [5, 5.41) is 7.19. The van der Waals surface area contributed by atoms with E-state index < -0.39 is 0 Å². The lowest BCUT2D eigenvalue weighted by Crippen LogP contribution is -2.15. The van der Waals surface area contributed by atoms with Crippen molar-refractivity contribution in [1.82, 2.24) is 0 Å². The van der Waals surface area contributed by atoms with E-state index in [0.717, 1.165) is 29.4 Å². The Bertz CT molecular complexity index is 1070. The van der Waals surface area contributed by atoms with Gasteiger partial charge in [0.05, 0.1) is 0 Å². The molecule has 0 radical (unpaired) electrons. The van der Waals surface area contributed by atoms with E-state index in [1.54, 1.807) is 24.3 Å². The number of hydrogen-bond donors (Lipinski definition) is 2. The number of halogens is 1. The first-order chi connectivity index (χ1) is 12.9. The monoisotopic (exact) mass is 382 g/mol. The molecule has 5 nitrogen and oxygen atoms in total. The standard InChI is InChI=1S/C21H19ClN2O3/c1-11-3-7-15(23-20(25)13-4-5-13)10-17(11)24-21(26)19-12(2)16-9-14(22)6-8-18(16)27-19/h3,6-10,13H,4-5H2,1-2H3,(H,23,25)(H,24,26). The van der Waals surface area contributed by atoms with Crippen LogP contribution >= 0.6 is 11.6 Å². The fraction of sp³-hybridized carbons (Fsp3) is 0.238. The molecule has 0 bridgehead atoms. The number of benzene rings is 2. The van der Waals surface area contributed by atoms with Crippen molar-refractivity contribution in [2.75, 3.05) is 10.6 Å². The molecule has 0 atom stereocenters. The Balaban J connectivity index is 1.59. The molecule has 0 saturated heterocycles. The normalized spacial score (nSPS) is 13.6. The number of anilines is 2. The number of hydrogen-bond acceptors (Lipinski definition) is 3. The van der Waals surface area contributed by atoms with E-state index in [1.807, 2.05) is 26.0 Å². The topological polar surface area (TPSA) is 71.3 Å². The third-order valence-electron chi connectivity index (χ3n) is 4.81. The van der Waals surface area contributed by atoms with Gasteiger partial charge >= 0.3 is 0 Å². The maximum Gasteiger partial charge on any atom is 0.291 e. The number of nitrogens with one attached hydrogen (secondary N) is 2. The number of amides is 2. The van der Waals surface area contributed by atoms with Crippen LogP contribution in [0.25, 0.3) is 11.0 Å². The summed E-state index contributed by atoms with van der Waals surface area (Å²) in [6.07, 6.45) is 1.88. The smallest absolute Gasteiger partial charge is 0.291 e. The zero-order valence-corrected chi connectivity index (χ0v) is 15.8. The van der Waals surface area contributed by atoms with Crippen LogP contribution < -0.4 is 10.6 Å². The second kappa shape index (κ2) is 6.74. The van der Waals surface area contributed by atoms with Gasteiger partial charge in [-0.05, 0) is 62.6 Å². The Kier molecular flexibility index (Phi) is 4.40. The molecule has 4 rings (SSSR count). The Hall–Kier alpha value is -2.79. The van der Waals surface area contributed by atoms with Crippen LogP contribution in [0, 0.1) is 19.8 Å². The van der Waals surface area contributed by atoms with Crippen molar-refractivity contribution < 1.29 is 14.0 Å². The predicted molar refractivity (Wildman–Crippen MR) is 106 cm³/mol. The van der Waals surface area contributed by atoms with Crippen molar-refractivity contribution in [3.63, 3.8) is 0 Å². The van der Waals surface area contributed by atoms with Crippen LogP contribution in [0.4, 0.5) is 11.4 Å². The molecule has 2 aromatic carbocycles. The van der Waals surface area contributed by atoms with Gasteiger partial charge < -0.3 is 15.1 Å². The highest BCUT2D eigenvalue weighted by atomic mass is 35.5. The molecule has 1 aliphatic rings. The number of furan rings is 1. The van der Waals surface area contributed by atoms with Gasteiger partial charge in [0.1, 0.15) is 5.58 Å². The molecule has 138 valence electrons. The van der Waals surface area contributed by atoms with Crippen molar-refractivity contribution in [2.45, 2.75) is 26.7 Å². The minimum Gasteiger partial charge on any atom is -0.451 e. The van der Waals surface area contributed by atoms with Gasteiger partial charge in [-0.1, -0.05) is 17.7 Å². The average molecular weight is 383 g/mol. The van der Waals surface area contributed by atoms with Crippen LogP contribution in [0.15, 0.2) is 40.8 Å². The van der Waals surface area contributed by atoms with Crippen LogP contribution in [0.5, 0.6) is 0 Å². The Morgan fingerprint density at radius 2 is 1.85 bits per heavy atom. The molecule has 1 aromatic heterocycles. The van der Waals surface area contributed by atoms with Crippen LogP contribution in [-0.4, -0.2) is 11.8 Å². The molecule has 0 aliphatic heterocycles. The first-order valence-electron chi connectivity index (χ1n) is 8.84. The van der Waals surface area contributed by atoms with Gasteiger partial charge in [-0.3, -0.25) is 9.59 Å². The molecule has 0 unspecified atom stereocenters. The summed E-state index contributed by atoms with van der Waals surface area (Å²) in [5.41, 5.74) is 3.54.